The maximum absolute atomic E-state index is 12.9. The third kappa shape index (κ3) is 4.08. The van der Waals surface area contributed by atoms with E-state index in [0.29, 0.717) is 16.4 Å². The average Bonchev–Trinajstić information content (AvgIpc) is 2.78. The van der Waals surface area contributed by atoms with Crippen LogP contribution in [0.3, 0.4) is 0 Å². The molecule has 2 aromatic heterocycles. The van der Waals surface area contributed by atoms with Gasteiger partial charge in [0, 0.05) is 11.2 Å². The van der Waals surface area contributed by atoms with Gasteiger partial charge in [0.05, 0.1) is 29.3 Å². The van der Waals surface area contributed by atoms with E-state index in [2.05, 4.69) is 15.4 Å². The number of benzene rings is 2. The Morgan fingerprint density at radius 3 is 2.47 bits per heavy atom. The van der Waals surface area contributed by atoms with Crippen molar-refractivity contribution in [3.05, 3.63) is 116 Å². The van der Waals surface area contributed by atoms with E-state index in [1.54, 1.807) is 18.3 Å². The first kappa shape index (κ1) is 20.1. The Kier molecular flexibility index (Phi) is 5.84. The molecule has 0 saturated heterocycles. The highest BCUT2D eigenvalue weighted by Gasteiger charge is 2.19. The molecule has 4 rings (SSSR count). The van der Waals surface area contributed by atoms with Crippen LogP contribution in [0.4, 0.5) is 5.69 Å². The first-order valence-electron chi connectivity index (χ1n) is 9.31. The Morgan fingerprint density at radius 1 is 1.00 bits per heavy atom. The maximum Gasteiger partial charge on any atom is 0.292 e. The molecule has 7 heteroatoms. The molecule has 1 atom stereocenters. The summed E-state index contributed by atoms with van der Waals surface area (Å²) in [6.45, 7) is 1.89. The van der Waals surface area contributed by atoms with Crippen molar-refractivity contribution in [1.29, 1.82) is 0 Å². The van der Waals surface area contributed by atoms with Crippen molar-refractivity contribution in [2.45, 2.75) is 13.0 Å². The smallest absolute Gasteiger partial charge is 0.292 e. The van der Waals surface area contributed by atoms with Crippen LogP contribution in [0.15, 0.2) is 83.9 Å². The second-order valence-corrected chi connectivity index (χ2v) is 7.55. The minimum absolute atomic E-state index is 0.0403. The summed E-state index contributed by atoms with van der Waals surface area (Å²) in [6.07, 6.45) is 3.27. The molecule has 1 N–H and O–H groups in total. The van der Waals surface area contributed by atoms with Gasteiger partial charge < -0.3 is 5.32 Å². The Morgan fingerprint density at radius 2 is 1.77 bits per heavy atom. The quantitative estimate of drug-likeness (QED) is 0.452. The lowest BCUT2D eigenvalue weighted by molar-refractivity contribution is 0.800. The molecule has 150 valence electrons. The fraction of sp³-hybridized carbons (Fsp3) is 0.0870. The topological polar surface area (TPSA) is 59.8 Å². The summed E-state index contributed by atoms with van der Waals surface area (Å²) in [4.78, 5) is 17.4. The lowest BCUT2D eigenvalue weighted by Crippen LogP contribution is -2.24. The third-order valence-electron chi connectivity index (χ3n) is 4.74. The second-order valence-electron chi connectivity index (χ2n) is 6.77. The lowest BCUT2D eigenvalue weighted by atomic mass is 10.0. The molecule has 0 aliphatic carbocycles. The monoisotopic (exact) mass is 436 g/mol. The number of aromatic nitrogens is 3. The molecule has 0 aliphatic heterocycles. The van der Waals surface area contributed by atoms with Gasteiger partial charge in [0.2, 0.25) is 0 Å². The van der Waals surface area contributed by atoms with Crippen molar-refractivity contribution in [1.82, 2.24) is 14.8 Å². The number of nitrogens with zero attached hydrogens (tertiary/aromatic N) is 3. The minimum atomic E-state index is -0.436. The van der Waals surface area contributed by atoms with E-state index < -0.39 is 5.56 Å². The lowest BCUT2D eigenvalue weighted by Gasteiger charge is -2.20. The van der Waals surface area contributed by atoms with Crippen LogP contribution in [-0.4, -0.2) is 14.8 Å². The highest BCUT2D eigenvalue weighted by molar-refractivity contribution is 6.33. The summed E-state index contributed by atoms with van der Waals surface area (Å²) in [7, 11) is 0. The molecule has 0 aliphatic rings. The molecule has 0 saturated carbocycles. The Bertz CT molecular complexity index is 1190. The second kappa shape index (κ2) is 8.69. The van der Waals surface area contributed by atoms with Crippen LogP contribution in [0.25, 0.3) is 5.69 Å². The molecule has 0 bridgehead atoms. The van der Waals surface area contributed by atoms with Crippen molar-refractivity contribution >= 4 is 28.9 Å². The fourth-order valence-electron chi connectivity index (χ4n) is 3.11. The van der Waals surface area contributed by atoms with E-state index in [4.69, 9.17) is 23.2 Å². The van der Waals surface area contributed by atoms with Gasteiger partial charge in [-0.1, -0.05) is 65.7 Å². The number of anilines is 1. The summed E-state index contributed by atoms with van der Waals surface area (Å²) in [5.74, 6) is 0. The Hall–Kier alpha value is -3.15. The van der Waals surface area contributed by atoms with E-state index >= 15 is 0 Å². The summed E-state index contributed by atoms with van der Waals surface area (Å²) in [6, 6.07) is 20.5. The number of hydrogen-bond donors (Lipinski definition) is 1. The van der Waals surface area contributed by atoms with Gasteiger partial charge in [0.25, 0.3) is 5.56 Å². The van der Waals surface area contributed by atoms with E-state index in [9.17, 15) is 4.79 Å². The molecule has 0 fully saturated rings. The SMILES string of the molecule is Cc1ccc(-n2ncc(NC(c3ccccc3)c3ccccn3)c(Cl)c2=O)cc1Cl. The molecule has 0 amide bonds. The van der Waals surface area contributed by atoms with Crippen LogP contribution in [0.1, 0.15) is 22.9 Å². The molecular weight excluding hydrogens is 419 g/mol. The fourth-order valence-corrected chi connectivity index (χ4v) is 3.46. The summed E-state index contributed by atoms with van der Waals surface area (Å²) in [5, 5.41) is 8.22. The third-order valence-corrected chi connectivity index (χ3v) is 5.51. The van der Waals surface area contributed by atoms with Crippen molar-refractivity contribution in [2.75, 3.05) is 5.32 Å². The summed E-state index contributed by atoms with van der Waals surface area (Å²) >= 11 is 12.6. The zero-order valence-corrected chi connectivity index (χ0v) is 17.6. The van der Waals surface area contributed by atoms with Gasteiger partial charge >= 0.3 is 0 Å². The van der Waals surface area contributed by atoms with Crippen molar-refractivity contribution < 1.29 is 0 Å². The van der Waals surface area contributed by atoms with Crippen molar-refractivity contribution in [3.63, 3.8) is 0 Å². The molecule has 2 aromatic carbocycles. The molecule has 0 spiro atoms. The number of nitrogens with one attached hydrogen (secondary N) is 1. The van der Waals surface area contributed by atoms with Crippen LogP contribution in [0.2, 0.25) is 10.0 Å². The molecule has 4 aromatic rings. The summed E-state index contributed by atoms with van der Waals surface area (Å²) in [5.41, 5.74) is 3.24. The summed E-state index contributed by atoms with van der Waals surface area (Å²) < 4.78 is 1.23. The maximum atomic E-state index is 12.9. The highest BCUT2D eigenvalue weighted by Crippen LogP contribution is 2.28. The highest BCUT2D eigenvalue weighted by atomic mass is 35.5. The molecule has 2 heterocycles. The molecule has 0 radical (unpaired) electrons. The number of hydrogen-bond acceptors (Lipinski definition) is 4. The van der Waals surface area contributed by atoms with E-state index in [1.807, 2.05) is 61.5 Å². The van der Waals surface area contributed by atoms with Gasteiger partial charge in [-0.25, -0.2) is 0 Å². The van der Waals surface area contributed by atoms with Crippen LogP contribution in [0, 0.1) is 6.92 Å². The Balaban J connectivity index is 1.73. The number of halogens is 2. The number of aryl methyl sites for hydroxylation is 1. The predicted octanol–water partition coefficient (Wildman–Crippen LogP) is 5.44. The van der Waals surface area contributed by atoms with Crippen LogP contribution >= 0.6 is 23.2 Å². The standard InChI is InChI=1S/C23H18Cl2N4O/c1-15-10-11-17(13-18(15)24)29-23(30)21(25)20(14-27-29)28-22(16-7-3-2-4-8-16)19-9-5-6-12-26-19/h2-14,22,28H,1H3. The van der Waals surface area contributed by atoms with Crippen LogP contribution in [0.5, 0.6) is 0 Å². The van der Waals surface area contributed by atoms with E-state index in [-0.39, 0.29) is 11.1 Å². The van der Waals surface area contributed by atoms with Gasteiger partial charge in [-0.3, -0.25) is 9.78 Å². The Labute approximate surface area is 183 Å². The molecule has 1 unspecified atom stereocenters. The van der Waals surface area contributed by atoms with Crippen molar-refractivity contribution in [3.8, 4) is 5.69 Å². The van der Waals surface area contributed by atoms with Gasteiger partial charge in [-0.2, -0.15) is 9.78 Å². The normalized spacial score (nSPS) is 11.8. The van der Waals surface area contributed by atoms with Crippen molar-refractivity contribution in [2.24, 2.45) is 0 Å². The average molecular weight is 437 g/mol. The van der Waals surface area contributed by atoms with Gasteiger partial charge in [0.15, 0.2) is 0 Å². The number of pyridine rings is 1. The predicted molar refractivity (Wildman–Crippen MR) is 121 cm³/mol. The zero-order chi connectivity index (χ0) is 21.1. The number of rotatable bonds is 5. The van der Waals surface area contributed by atoms with E-state index in [0.717, 1.165) is 16.8 Å². The minimum Gasteiger partial charge on any atom is -0.370 e. The molecular formula is C23H18Cl2N4O. The first-order valence-corrected chi connectivity index (χ1v) is 10.1. The van der Waals surface area contributed by atoms with Crippen LogP contribution < -0.4 is 10.9 Å². The molecule has 30 heavy (non-hydrogen) atoms. The van der Waals surface area contributed by atoms with Gasteiger partial charge in [-0.05, 0) is 42.3 Å². The van der Waals surface area contributed by atoms with Crippen LogP contribution in [-0.2, 0) is 0 Å². The van der Waals surface area contributed by atoms with Gasteiger partial charge in [-0.15, -0.1) is 0 Å². The first-order chi connectivity index (χ1) is 14.5. The van der Waals surface area contributed by atoms with E-state index in [1.165, 1.54) is 10.9 Å². The largest absolute Gasteiger partial charge is 0.370 e. The zero-order valence-electron chi connectivity index (χ0n) is 16.1. The van der Waals surface area contributed by atoms with Gasteiger partial charge in [0.1, 0.15) is 5.02 Å². The molecule has 5 nitrogen and oxygen atoms in total.